The maximum Gasteiger partial charge on any atom is 0.416 e. The zero-order valence-corrected chi connectivity index (χ0v) is 10.6. The highest BCUT2D eigenvalue weighted by Gasteiger charge is 2.31. The molecule has 4 aromatic rings. The molecule has 0 aliphatic rings. The van der Waals surface area contributed by atoms with Gasteiger partial charge in [-0.1, -0.05) is 0 Å². The summed E-state index contributed by atoms with van der Waals surface area (Å²) >= 11 is 0. The third kappa shape index (κ3) is 1.54. The minimum Gasteiger partial charge on any atom is -0.277 e. The Balaban J connectivity index is 2.27. The highest BCUT2D eigenvalue weighted by Crippen LogP contribution is 2.32. The van der Waals surface area contributed by atoms with Crippen LogP contribution < -0.4 is 0 Å². The number of aromatic nitrogens is 6. The van der Waals surface area contributed by atoms with E-state index in [1.54, 1.807) is 11.3 Å². The lowest BCUT2D eigenvalue weighted by molar-refractivity contribution is -0.137. The van der Waals surface area contributed by atoms with Crippen LogP contribution in [0.3, 0.4) is 0 Å². The number of benzene rings is 1. The van der Waals surface area contributed by atoms with Gasteiger partial charge in [0.2, 0.25) is 11.3 Å². The van der Waals surface area contributed by atoms with Gasteiger partial charge in [-0.05, 0) is 25.1 Å². The second-order valence-corrected chi connectivity index (χ2v) is 4.63. The summed E-state index contributed by atoms with van der Waals surface area (Å²) in [4.78, 5) is 0. The molecule has 0 radical (unpaired) electrons. The molecule has 0 atom stereocenters. The van der Waals surface area contributed by atoms with Crippen molar-refractivity contribution in [1.82, 2.24) is 29.2 Å². The highest BCUT2D eigenvalue weighted by atomic mass is 19.4. The van der Waals surface area contributed by atoms with Gasteiger partial charge in [-0.3, -0.25) is 8.80 Å². The Morgan fingerprint density at radius 1 is 1.00 bits per heavy atom. The summed E-state index contributed by atoms with van der Waals surface area (Å²) in [6.07, 6.45) is -3.05. The predicted octanol–water partition coefficient (Wildman–Crippen LogP) is 2.25. The number of hydrogen-bond acceptors (Lipinski definition) is 4. The van der Waals surface area contributed by atoms with Gasteiger partial charge >= 0.3 is 6.18 Å². The van der Waals surface area contributed by atoms with Crippen LogP contribution in [-0.4, -0.2) is 29.2 Å². The van der Waals surface area contributed by atoms with Crippen molar-refractivity contribution in [2.24, 2.45) is 0 Å². The molecule has 4 rings (SSSR count). The lowest BCUT2D eigenvalue weighted by Crippen LogP contribution is -2.06. The molecule has 0 bridgehead atoms. The van der Waals surface area contributed by atoms with Crippen LogP contribution >= 0.6 is 0 Å². The quantitative estimate of drug-likeness (QED) is 0.499. The lowest BCUT2D eigenvalue weighted by atomic mass is 10.2. The summed E-state index contributed by atoms with van der Waals surface area (Å²) in [6.45, 7) is 1.73. The van der Waals surface area contributed by atoms with E-state index in [2.05, 4.69) is 20.4 Å². The van der Waals surface area contributed by atoms with E-state index in [0.29, 0.717) is 28.2 Å². The van der Waals surface area contributed by atoms with Crippen molar-refractivity contribution in [3.63, 3.8) is 0 Å². The Labute approximate surface area is 114 Å². The van der Waals surface area contributed by atoms with E-state index in [4.69, 9.17) is 0 Å². The first-order chi connectivity index (χ1) is 9.97. The van der Waals surface area contributed by atoms with Gasteiger partial charge in [-0.15, -0.1) is 20.4 Å². The average molecular weight is 292 g/mol. The van der Waals surface area contributed by atoms with Crippen LogP contribution in [0.5, 0.6) is 0 Å². The molecular formula is C12H7F3N6. The number of nitrogens with zero attached hydrogens (tertiary/aromatic N) is 6. The molecule has 3 heterocycles. The van der Waals surface area contributed by atoms with Crippen LogP contribution in [0.15, 0.2) is 24.5 Å². The topological polar surface area (TPSA) is 60.4 Å². The van der Waals surface area contributed by atoms with Gasteiger partial charge in [-0.2, -0.15) is 13.2 Å². The molecule has 0 saturated heterocycles. The monoisotopic (exact) mass is 292 g/mol. The van der Waals surface area contributed by atoms with E-state index >= 15 is 0 Å². The molecule has 3 aromatic heterocycles. The zero-order valence-electron chi connectivity index (χ0n) is 10.6. The van der Waals surface area contributed by atoms with Crippen LogP contribution in [0.25, 0.3) is 22.3 Å². The molecule has 0 aliphatic carbocycles. The van der Waals surface area contributed by atoms with E-state index < -0.39 is 11.7 Å². The smallest absolute Gasteiger partial charge is 0.277 e. The van der Waals surface area contributed by atoms with Gasteiger partial charge in [0.1, 0.15) is 12.2 Å². The summed E-state index contributed by atoms with van der Waals surface area (Å²) in [5.74, 6) is 0.570. The fraction of sp³-hybridized carbons (Fsp3) is 0.167. The first-order valence-corrected chi connectivity index (χ1v) is 6.01. The molecule has 0 spiro atoms. The molecule has 0 amide bonds. The molecule has 21 heavy (non-hydrogen) atoms. The number of hydrogen-bond donors (Lipinski definition) is 0. The van der Waals surface area contributed by atoms with Crippen molar-refractivity contribution >= 4 is 22.3 Å². The Bertz CT molecular complexity index is 997. The van der Waals surface area contributed by atoms with Crippen molar-refractivity contribution in [1.29, 1.82) is 0 Å². The predicted molar refractivity (Wildman–Crippen MR) is 66.8 cm³/mol. The van der Waals surface area contributed by atoms with E-state index in [0.717, 1.165) is 12.1 Å². The summed E-state index contributed by atoms with van der Waals surface area (Å²) < 4.78 is 41.9. The van der Waals surface area contributed by atoms with Crippen LogP contribution in [0, 0.1) is 6.92 Å². The second-order valence-electron chi connectivity index (χ2n) is 4.63. The van der Waals surface area contributed by atoms with E-state index in [1.807, 2.05) is 0 Å². The van der Waals surface area contributed by atoms with Crippen molar-refractivity contribution in [2.45, 2.75) is 13.1 Å². The Hall–Kier alpha value is -2.71. The summed E-state index contributed by atoms with van der Waals surface area (Å²) in [5.41, 5.74) is 1.00. The normalized spacial score (nSPS) is 12.8. The first-order valence-electron chi connectivity index (χ1n) is 6.01. The minimum absolute atomic E-state index is 0.347. The average Bonchev–Trinajstić information content (AvgIpc) is 3.04. The second kappa shape index (κ2) is 3.68. The molecule has 0 saturated carbocycles. The van der Waals surface area contributed by atoms with Crippen molar-refractivity contribution in [2.75, 3.05) is 0 Å². The number of halogens is 3. The zero-order chi connectivity index (χ0) is 14.8. The molecule has 0 N–H and O–H groups in total. The number of aryl methyl sites for hydroxylation is 1. The minimum atomic E-state index is -4.41. The van der Waals surface area contributed by atoms with Crippen molar-refractivity contribution < 1.29 is 13.2 Å². The van der Waals surface area contributed by atoms with Crippen molar-refractivity contribution in [3.05, 3.63) is 35.9 Å². The molecule has 0 unspecified atom stereocenters. The van der Waals surface area contributed by atoms with Gasteiger partial charge < -0.3 is 0 Å². The molecule has 9 heteroatoms. The SMILES string of the molecule is Cc1nnc2c3nncn3c3cc(C(F)(F)F)ccc3n12. The number of fused-ring (bicyclic) bond motifs is 6. The maximum atomic E-state index is 12.9. The third-order valence-electron chi connectivity index (χ3n) is 3.38. The Morgan fingerprint density at radius 3 is 2.57 bits per heavy atom. The third-order valence-corrected chi connectivity index (χ3v) is 3.38. The maximum absolute atomic E-state index is 12.9. The Kier molecular flexibility index (Phi) is 2.12. The summed E-state index contributed by atoms with van der Waals surface area (Å²) in [5, 5.41) is 15.6. The van der Waals surface area contributed by atoms with Gasteiger partial charge in [0, 0.05) is 0 Å². The van der Waals surface area contributed by atoms with Crippen LogP contribution in [0.1, 0.15) is 11.4 Å². The highest BCUT2D eigenvalue weighted by molar-refractivity contribution is 5.85. The molecule has 6 nitrogen and oxygen atoms in total. The summed E-state index contributed by atoms with van der Waals surface area (Å²) in [7, 11) is 0. The van der Waals surface area contributed by atoms with Gasteiger partial charge in [0.05, 0.1) is 16.6 Å². The molecule has 1 aromatic carbocycles. The first kappa shape index (κ1) is 12.1. The van der Waals surface area contributed by atoms with E-state index in [-0.39, 0.29) is 0 Å². The number of rotatable bonds is 0. The fourth-order valence-electron chi connectivity index (χ4n) is 2.44. The standard InChI is InChI=1S/C12H7F3N6/c1-6-17-19-11-10-18-16-5-20(10)9-4-7(12(13,14)15)2-3-8(9)21(6)11/h2-5H,1H3. The van der Waals surface area contributed by atoms with Crippen molar-refractivity contribution in [3.8, 4) is 0 Å². The Morgan fingerprint density at radius 2 is 1.81 bits per heavy atom. The molecular weight excluding hydrogens is 285 g/mol. The molecule has 0 fully saturated rings. The van der Waals surface area contributed by atoms with Gasteiger partial charge in [0.25, 0.3) is 0 Å². The van der Waals surface area contributed by atoms with E-state index in [1.165, 1.54) is 16.8 Å². The van der Waals surface area contributed by atoms with E-state index in [9.17, 15) is 13.2 Å². The largest absolute Gasteiger partial charge is 0.416 e. The van der Waals surface area contributed by atoms with Crippen LogP contribution in [-0.2, 0) is 6.18 Å². The lowest BCUT2D eigenvalue weighted by Gasteiger charge is -2.10. The van der Waals surface area contributed by atoms with Gasteiger partial charge in [-0.25, -0.2) is 0 Å². The number of alkyl halides is 3. The molecule has 0 aliphatic heterocycles. The molecule has 106 valence electrons. The van der Waals surface area contributed by atoms with Gasteiger partial charge in [0.15, 0.2) is 0 Å². The van der Waals surface area contributed by atoms with Crippen LogP contribution in [0.4, 0.5) is 13.2 Å². The summed E-state index contributed by atoms with van der Waals surface area (Å²) in [6, 6.07) is 3.52. The fourth-order valence-corrected chi connectivity index (χ4v) is 2.44. The van der Waals surface area contributed by atoms with Crippen LogP contribution in [0.2, 0.25) is 0 Å².